The van der Waals surface area contributed by atoms with E-state index in [0.29, 0.717) is 0 Å². The van der Waals surface area contributed by atoms with E-state index < -0.39 is 0 Å². The fourth-order valence-electron chi connectivity index (χ4n) is 10.4. The van der Waals surface area contributed by atoms with Gasteiger partial charge in [0.15, 0.2) is 0 Å². The molecule has 0 saturated heterocycles. The molecule has 9 aromatic carbocycles. The van der Waals surface area contributed by atoms with Gasteiger partial charge in [0.1, 0.15) is 0 Å². The van der Waals surface area contributed by atoms with Gasteiger partial charge >= 0.3 is 0 Å². The molecule has 1 nitrogen and oxygen atoms in total. The first kappa shape index (κ1) is 36.8. The van der Waals surface area contributed by atoms with Crippen molar-refractivity contribution in [1.29, 1.82) is 0 Å². The molecule has 9 aromatic rings. The average molecular weight is 782 g/mol. The van der Waals surface area contributed by atoms with E-state index in [9.17, 15) is 0 Å². The van der Waals surface area contributed by atoms with Crippen molar-refractivity contribution in [3.8, 4) is 66.8 Å². The van der Waals surface area contributed by atoms with Crippen LogP contribution in [0.3, 0.4) is 0 Å². The maximum atomic E-state index is 2.42. The van der Waals surface area contributed by atoms with Crippen LogP contribution in [0.2, 0.25) is 0 Å². The summed E-state index contributed by atoms with van der Waals surface area (Å²) in [5.41, 5.74) is 23.9. The van der Waals surface area contributed by atoms with Crippen LogP contribution >= 0.6 is 0 Å². The van der Waals surface area contributed by atoms with Gasteiger partial charge in [-0.15, -0.1) is 0 Å². The van der Waals surface area contributed by atoms with Crippen LogP contribution in [-0.4, -0.2) is 0 Å². The molecule has 2 aliphatic rings. The van der Waals surface area contributed by atoms with Gasteiger partial charge in [-0.25, -0.2) is 0 Å². The second-order valence-corrected chi connectivity index (χ2v) is 17.7. The minimum Gasteiger partial charge on any atom is -0.310 e. The van der Waals surface area contributed by atoms with E-state index >= 15 is 0 Å². The third kappa shape index (κ3) is 5.99. The molecule has 0 radical (unpaired) electrons. The number of anilines is 3. The molecule has 2 aliphatic carbocycles. The Hall–Kier alpha value is -7.22. The summed E-state index contributed by atoms with van der Waals surface area (Å²) in [5.74, 6) is 0. The predicted molar refractivity (Wildman–Crippen MR) is 258 cm³/mol. The van der Waals surface area contributed by atoms with Crippen LogP contribution in [0.5, 0.6) is 0 Å². The Morgan fingerprint density at radius 3 is 1.39 bits per heavy atom. The number of rotatable bonds is 7. The first-order valence-corrected chi connectivity index (χ1v) is 21.5. The molecule has 0 amide bonds. The van der Waals surface area contributed by atoms with Crippen molar-refractivity contribution in [1.82, 2.24) is 0 Å². The predicted octanol–water partition coefficient (Wildman–Crippen LogP) is 16.4. The van der Waals surface area contributed by atoms with Gasteiger partial charge in [-0.1, -0.05) is 204 Å². The zero-order valence-corrected chi connectivity index (χ0v) is 35.2. The molecule has 0 N–H and O–H groups in total. The van der Waals surface area contributed by atoms with Crippen molar-refractivity contribution in [3.05, 3.63) is 235 Å². The second kappa shape index (κ2) is 14.2. The maximum Gasteiger partial charge on any atom is 0.0540 e. The maximum absolute atomic E-state index is 2.42. The van der Waals surface area contributed by atoms with Crippen LogP contribution in [0.1, 0.15) is 49.9 Å². The van der Waals surface area contributed by atoms with Gasteiger partial charge in [-0.2, -0.15) is 0 Å². The van der Waals surface area contributed by atoms with Crippen LogP contribution in [0.25, 0.3) is 66.8 Å². The molecule has 0 unspecified atom stereocenters. The molecule has 0 spiro atoms. The fraction of sp³-hybridized carbons (Fsp3) is 0.100. The summed E-state index contributed by atoms with van der Waals surface area (Å²) < 4.78 is 0. The highest BCUT2D eigenvalue weighted by Gasteiger charge is 2.38. The summed E-state index contributed by atoms with van der Waals surface area (Å²) in [6.07, 6.45) is 0. The minimum atomic E-state index is -0.0947. The van der Waals surface area contributed by atoms with Crippen LogP contribution in [-0.2, 0) is 10.8 Å². The molecule has 61 heavy (non-hydrogen) atoms. The Morgan fingerprint density at radius 2 is 0.705 bits per heavy atom. The smallest absolute Gasteiger partial charge is 0.0540 e. The number of nitrogens with zero attached hydrogens (tertiary/aromatic N) is 1. The van der Waals surface area contributed by atoms with E-state index in [1.807, 2.05) is 0 Å². The normalized spacial score (nSPS) is 13.8. The lowest BCUT2D eigenvalue weighted by atomic mass is 9.79. The highest BCUT2D eigenvalue weighted by atomic mass is 15.1. The summed E-state index contributed by atoms with van der Waals surface area (Å²) in [6.45, 7) is 9.44. The van der Waals surface area contributed by atoms with Gasteiger partial charge in [-0.05, 0) is 120 Å². The van der Waals surface area contributed by atoms with Crippen molar-refractivity contribution in [2.24, 2.45) is 0 Å². The molecule has 0 heterocycles. The molecule has 0 atom stereocenters. The first-order chi connectivity index (χ1) is 29.8. The fourth-order valence-corrected chi connectivity index (χ4v) is 10.4. The number of hydrogen-bond acceptors (Lipinski definition) is 1. The molecule has 11 rings (SSSR count). The van der Waals surface area contributed by atoms with Crippen LogP contribution < -0.4 is 4.90 Å². The highest BCUT2D eigenvalue weighted by Crippen LogP contribution is 2.53. The van der Waals surface area contributed by atoms with Gasteiger partial charge in [0.05, 0.1) is 5.69 Å². The average Bonchev–Trinajstić information content (AvgIpc) is 3.69. The summed E-state index contributed by atoms with van der Waals surface area (Å²) in [7, 11) is 0. The second-order valence-electron chi connectivity index (χ2n) is 17.7. The Bertz CT molecular complexity index is 3100. The summed E-state index contributed by atoms with van der Waals surface area (Å²) in [4.78, 5) is 2.42. The third-order valence-electron chi connectivity index (χ3n) is 13.5. The SMILES string of the molecule is CC1(C)c2ccccc2-c2ccc(-c3ccc(N(c4ccc(-c5cccc6c5C(C)(C)c5ccccc5-6)cc4)c4ccccc4-c4ccc(-c5ccccc5)cc4)cc3)cc21. The Morgan fingerprint density at radius 1 is 0.279 bits per heavy atom. The number of benzene rings is 9. The van der Waals surface area contributed by atoms with Crippen LogP contribution in [0.15, 0.2) is 212 Å². The minimum absolute atomic E-state index is 0.0482. The number of hydrogen-bond donors (Lipinski definition) is 0. The van der Waals surface area contributed by atoms with Crippen molar-refractivity contribution >= 4 is 17.1 Å². The molecule has 292 valence electrons. The topological polar surface area (TPSA) is 3.24 Å². The van der Waals surface area contributed by atoms with E-state index in [2.05, 4.69) is 245 Å². The van der Waals surface area contributed by atoms with Crippen molar-refractivity contribution in [3.63, 3.8) is 0 Å². The zero-order chi connectivity index (χ0) is 41.3. The van der Waals surface area contributed by atoms with E-state index in [0.717, 1.165) is 17.1 Å². The van der Waals surface area contributed by atoms with Gasteiger partial charge in [-0.3, -0.25) is 0 Å². The molecule has 0 saturated carbocycles. The molecule has 0 bridgehead atoms. The lowest BCUT2D eigenvalue weighted by Gasteiger charge is -2.29. The van der Waals surface area contributed by atoms with Gasteiger partial charge in [0.25, 0.3) is 0 Å². The quantitative estimate of drug-likeness (QED) is 0.156. The highest BCUT2D eigenvalue weighted by molar-refractivity contribution is 5.92. The lowest BCUT2D eigenvalue weighted by Crippen LogP contribution is -2.16. The number of fused-ring (bicyclic) bond motifs is 6. The van der Waals surface area contributed by atoms with Gasteiger partial charge < -0.3 is 4.90 Å². The van der Waals surface area contributed by atoms with Crippen LogP contribution in [0, 0.1) is 0 Å². The number of para-hydroxylation sites is 1. The zero-order valence-electron chi connectivity index (χ0n) is 35.2. The van der Waals surface area contributed by atoms with Crippen molar-refractivity contribution in [2.75, 3.05) is 4.90 Å². The molecular weight excluding hydrogens is 735 g/mol. The molecule has 1 heteroatoms. The molecule has 0 aromatic heterocycles. The third-order valence-corrected chi connectivity index (χ3v) is 13.5. The molecule has 0 aliphatic heterocycles. The van der Waals surface area contributed by atoms with Gasteiger partial charge in [0.2, 0.25) is 0 Å². The summed E-state index contributed by atoms with van der Waals surface area (Å²) >= 11 is 0. The van der Waals surface area contributed by atoms with E-state index in [1.54, 1.807) is 0 Å². The van der Waals surface area contributed by atoms with Crippen molar-refractivity contribution in [2.45, 2.75) is 38.5 Å². The van der Waals surface area contributed by atoms with Gasteiger partial charge in [0, 0.05) is 27.8 Å². The van der Waals surface area contributed by atoms with E-state index in [-0.39, 0.29) is 10.8 Å². The molecule has 0 fully saturated rings. The first-order valence-electron chi connectivity index (χ1n) is 21.5. The van der Waals surface area contributed by atoms with E-state index in [1.165, 1.54) is 89.0 Å². The monoisotopic (exact) mass is 781 g/mol. The standard InChI is InChI=1S/C60H47N/c1-59(2)54-22-11-8-18-50(54)52-38-33-45(39-56(52)59)42-29-34-46(35-30-42)61(57-24-13-10-17-48(57)43-27-25-41(26-28-43)40-15-6-5-7-16-40)47-36-31-44(32-37-47)49-20-14-21-53-51-19-9-12-23-55(51)60(3,4)58(49)53/h5-39H,1-4H3. The Kier molecular flexibility index (Phi) is 8.58. The summed E-state index contributed by atoms with van der Waals surface area (Å²) in [6, 6.07) is 78.4. The Labute approximate surface area is 360 Å². The Balaban J connectivity index is 1.00. The van der Waals surface area contributed by atoms with Crippen LogP contribution in [0.4, 0.5) is 17.1 Å². The largest absolute Gasteiger partial charge is 0.310 e. The lowest BCUT2D eigenvalue weighted by molar-refractivity contribution is 0.660. The van der Waals surface area contributed by atoms with Crippen molar-refractivity contribution < 1.29 is 0 Å². The molecular formula is C60H47N. The van der Waals surface area contributed by atoms with E-state index in [4.69, 9.17) is 0 Å². The summed E-state index contributed by atoms with van der Waals surface area (Å²) in [5, 5.41) is 0.